The fourth-order valence-electron chi connectivity index (χ4n) is 2.80. The van der Waals surface area contributed by atoms with Gasteiger partial charge in [0.25, 0.3) is 11.6 Å². The summed E-state index contributed by atoms with van der Waals surface area (Å²) in [6.07, 6.45) is 1.81. The van der Waals surface area contributed by atoms with E-state index < -0.39 is 0 Å². The number of amides is 1. The molecular weight excluding hydrogens is 302 g/mol. The highest BCUT2D eigenvalue weighted by Gasteiger charge is 2.19. The average molecular weight is 323 g/mol. The first-order valence-corrected chi connectivity index (χ1v) is 8.13. The molecule has 2 aromatic heterocycles. The van der Waals surface area contributed by atoms with Gasteiger partial charge in [-0.05, 0) is 45.2 Å². The van der Waals surface area contributed by atoms with E-state index in [-0.39, 0.29) is 11.9 Å². The lowest BCUT2D eigenvalue weighted by Crippen LogP contribution is -2.33. The molecule has 5 heteroatoms. The van der Waals surface area contributed by atoms with Crippen LogP contribution in [-0.2, 0) is 6.42 Å². The van der Waals surface area contributed by atoms with E-state index >= 15 is 0 Å². The van der Waals surface area contributed by atoms with Crippen molar-refractivity contribution in [1.82, 2.24) is 15.5 Å². The van der Waals surface area contributed by atoms with Gasteiger partial charge in [0, 0.05) is 11.7 Å². The molecule has 0 radical (unpaired) electrons. The average Bonchev–Trinajstić information content (AvgIpc) is 2.94. The minimum Gasteiger partial charge on any atom is -0.350 e. The van der Waals surface area contributed by atoms with E-state index in [4.69, 9.17) is 4.52 Å². The van der Waals surface area contributed by atoms with Gasteiger partial charge < -0.3 is 9.84 Å². The monoisotopic (exact) mass is 323 g/mol. The highest BCUT2D eigenvalue weighted by Crippen LogP contribution is 2.22. The van der Waals surface area contributed by atoms with E-state index in [1.165, 1.54) is 5.56 Å². The summed E-state index contributed by atoms with van der Waals surface area (Å²) in [6, 6.07) is 12.1. The first kappa shape index (κ1) is 16.2. The van der Waals surface area contributed by atoms with Crippen LogP contribution in [-0.4, -0.2) is 22.1 Å². The third kappa shape index (κ3) is 3.45. The fraction of sp³-hybridized carbons (Fsp3) is 0.316. The van der Waals surface area contributed by atoms with E-state index in [0.29, 0.717) is 22.4 Å². The number of pyridine rings is 1. The van der Waals surface area contributed by atoms with Crippen LogP contribution < -0.4 is 5.32 Å². The Morgan fingerprint density at radius 3 is 2.75 bits per heavy atom. The van der Waals surface area contributed by atoms with Crippen LogP contribution in [0, 0.1) is 13.8 Å². The van der Waals surface area contributed by atoms with Crippen molar-refractivity contribution in [2.75, 3.05) is 0 Å². The zero-order valence-corrected chi connectivity index (χ0v) is 14.2. The SMILES string of the molecule is Cc1cc(C(=O)N[C@@H](C)CCc2ccccc2)c2c(C)noc2n1. The predicted octanol–water partition coefficient (Wildman–Crippen LogP) is 3.59. The molecule has 1 aromatic carbocycles. The van der Waals surface area contributed by atoms with Gasteiger partial charge in [0.05, 0.1) is 16.6 Å². The summed E-state index contributed by atoms with van der Waals surface area (Å²) in [7, 11) is 0. The van der Waals surface area contributed by atoms with Crippen LogP contribution in [0.25, 0.3) is 11.1 Å². The lowest BCUT2D eigenvalue weighted by molar-refractivity contribution is 0.0940. The van der Waals surface area contributed by atoms with Crippen molar-refractivity contribution in [2.45, 2.75) is 39.7 Å². The van der Waals surface area contributed by atoms with Crippen molar-refractivity contribution in [2.24, 2.45) is 0 Å². The normalized spacial score (nSPS) is 12.3. The highest BCUT2D eigenvalue weighted by molar-refractivity contribution is 6.06. The topological polar surface area (TPSA) is 68.0 Å². The maximum atomic E-state index is 12.7. The van der Waals surface area contributed by atoms with Crippen LogP contribution in [0.5, 0.6) is 0 Å². The first-order chi connectivity index (χ1) is 11.5. The van der Waals surface area contributed by atoms with Crippen molar-refractivity contribution < 1.29 is 9.32 Å². The standard InChI is InChI=1S/C19H21N3O2/c1-12(9-10-15-7-5-4-6-8-15)20-18(23)16-11-13(2)21-19-17(16)14(3)22-24-19/h4-8,11-12H,9-10H2,1-3H3,(H,20,23)/t12-/m0/s1. The van der Waals surface area contributed by atoms with E-state index in [0.717, 1.165) is 18.5 Å². The second kappa shape index (κ2) is 6.83. The Morgan fingerprint density at radius 1 is 1.25 bits per heavy atom. The third-order valence-corrected chi connectivity index (χ3v) is 4.08. The maximum absolute atomic E-state index is 12.7. The van der Waals surface area contributed by atoms with Gasteiger partial charge in [0.2, 0.25) is 0 Å². The summed E-state index contributed by atoms with van der Waals surface area (Å²) in [5.74, 6) is -0.114. The molecule has 1 amide bonds. The van der Waals surface area contributed by atoms with Gasteiger partial charge >= 0.3 is 0 Å². The Hall–Kier alpha value is -2.69. The highest BCUT2D eigenvalue weighted by atomic mass is 16.5. The van der Waals surface area contributed by atoms with Crippen molar-refractivity contribution in [1.29, 1.82) is 0 Å². The van der Waals surface area contributed by atoms with Gasteiger partial charge in [-0.15, -0.1) is 0 Å². The number of rotatable bonds is 5. The maximum Gasteiger partial charge on any atom is 0.258 e. The van der Waals surface area contributed by atoms with Crippen LogP contribution in [0.3, 0.4) is 0 Å². The molecule has 0 spiro atoms. The molecule has 0 saturated carbocycles. The molecule has 5 nitrogen and oxygen atoms in total. The molecule has 2 heterocycles. The summed E-state index contributed by atoms with van der Waals surface area (Å²) in [4.78, 5) is 17.0. The Kier molecular flexibility index (Phi) is 4.60. The molecule has 0 saturated heterocycles. The van der Waals surface area contributed by atoms with Crippen LogP contribution in [0.4, 0.5) is 0 Å². The van der Waals surface area contributed by atoms with Crippen LogP contribution >= 0.6 is 0 Å². The molecule has 1 atom stereocenters. The molecule has 3 aromatic rings. The Morgan fingerprint density at radius 2 is 2.00 bits per heavy atom. The Balaban J connectivity index is 1.72. The number of benzene rings is 1. The molecule has 0 unspecified atom stereocenters. The first-order valence-electron chi connectivity index (χ1n) is 8.13. The van der Waals surface area contributed by atoms with Gasteiger partial charge in [0.1, 0.15) is 0 Å². The number of aryl methyl sites for hydroxylation is 3. The van der Waals surface area contributed by atoms with Gasteiger partial charge in [-0.2, -0.15) is 0 Å². The summed E-state index contributed by atoms with van der Waals surface area (Å²) >= 11 is 0. The largest absolute Gasteiger partial charge is 0.350 e. The summed E-state index contributed by atoms with van der Waals surface area (Å²) in [5, 5.41) is 7.67. The summed E-state index contributed by atoms with van der Waals surface area (Å²) < 4.78 is 5.19. The lowest BCUT2D eigenvalue weighted by atomic mass is 10.1. The van der Waals surface area contributed by atoms with Crippen molar-refractivity contribution in [3.63, 3.8) is 0 Å². The molecule has 24 heavy (non-hydrogen) atoms. The van der Waals surface area contributed by atoms with Crippen molar-refractivity contribution in [3.8, 4) is 0 Å². The number of nitrogens with one attached hydrogen (secondary N) is 1. The molecule has 0 fully saturated rings. The molecule has 0 aliphatic rings. The Bertz CT molecular complexity index is 856. The minimum atomic E-state index is -0.114. The molecule has 0 bridgehead atoms. The molecule has 0 aliphatic heterocycles. The third-order valence-electron chi connectivity index (χ3n) is 4.08. The van der Waals surface area contributed by atoms with Crippen LogP contribution in [0.1, 0.15) is 40.7 Å². The second-order valence-electron chi connectivity index (χ2n) is 6.16. The number of carbonyl (C=O) groups is 1. The summed E-state index contributed by atoms with van der Waals surface area (Å²) in [5.41, 5.74) is 3.67. The smallest absolute Gasteiger partial charge is 0.258 e. The molecule has 0 aliphatic carbocycles. The van der Waals surface area contributed by atoms with Gasteiger partial charge in [-0.3, -0.25) is 4.79 Å². The zero-order chi connectivity index (χ0) is 17.1. The molecule has 124 valence electrons. The fourth-order valence-corrected chi connectivity index (χ4v) is 2.80. The van der Waals surface area contributed by atoms with Crippen molar-refractivity contribution >= 4 is 17.0 Å². The number of hydrogen-bond donors (Lipinski definition) is 1. The second-order valence-corrected chi connectivity index (χ2v) is 6.16. The number of nitrogens with zero attached hydrogens (tertiary/aromatic N) is 2. The van der Waals surface area contributed by atoms with Gasteiger partial charge in [-0.25, -0.2) is 4.98 Å². The lowest BCUT2D eigenvalue weighted by Gasteiger charge is -2.14. The minimum absolute atomic E-state index is 0.0707. The van der Waals surface area contributed by atoms with Gasteiger partial charge in [-0.1, -0.05) is 35.5 Å². The van der Waals surface area contributed by atoms with Crippen LogP contribution in [0.2, 0.25) is 0 Å². The summed E-state index contributed by atoms with van der Waals surface area (Å²) in [6.45, 7) is 5.68. The molecule has 1 N–H and O–H groups in total. The van der Waals surface area contributed by atoms with Gasteiger partial charge in [0.15, 0.2) is 0 Å². The Labute approximate surface area is 141 Å². The quantitative estimate of drug-likeness (QED) is 0.779. The number of aromatic nitrogens is 2. The van der Waals surface area contributed by atoms with Crippen molar-refractivity contribution in [3.05, 3.63) is 58.9 Å². The van der Waals surface area contributed by atoms with Crippen LogP contribution in [0.15, 0.2) is 40.9 Å². The molecule has 3 rings (SSSR count). The number of carbonyl (C=O) groups excluding carboxylic acids is 1. The zero-order valence-electron chi connectivity index (χ0n) is 14.2. The van der Waals surface area contributed by atoms with E-state index in [1.54, 1.807) is 6.07 Å². The number of hydrogen-bond acceptors (Lipinski definition) is 4. The predicted molar refractivity (Wildman–Crippen MR) is 93.0 cm³/mol. The molecular formula is C19H21N3O2. The van der Waals surface area contributed by atoms with E-state index in [9.17, 15) is 4.79 Å². The van der Waals surface area contributed by atoms with E-state index in [2.05, 4.69) is 27.6 Å². The van der Waals surface area contributed by atoms with E-state index in [1.807, 2.05) is 39.0 Å². The number of fused-ring (bicyclic) bond motifs is 1.